The molecule has 3 aromatic rings. The van der Waals surface area contributed by atoms with Crippen LogP contribution in [0.4, 0.5) is 0 Å². The van der Waals surface area contributed by atoms with Crippen molar-refractivity contribution in [3.63, 3.8) is 0 Å². The van der Waals surface area contributed by atoms with Gasteiger partial charge in [0.05, 0.1) is 0 Å². The van der Waals surface area contributed by atoms with E-state index in [1.165, 1.54) is 9.30 Å². The number of benzene rings is 1. The van der Waals surface area contributed by atoms with Gasteiger partial charge in [-0.05, 0) is 23.3 Å². The molecule has 1 N–H and O–H groups in total. The molecule has 0 fully saturated rings. The summed E-state index contributed by atoms with van der Waals surface area (Å²) in [5.74, 6) is -1.51. The van der Waals surface area contributed by atoms with Crippen molar-refractivity contribution in [2.75, 3.05) is 0 Å². The number of aromatic nitrogens is 3. The minimum atomic E-state index is -1.06. The fourth-order valence-corrected chi connectivity index (χ4v) is 3.30. The lowest BCUT2D eigenvalue weighted by Gasteiger charge is -2.34. The van der Waals surface area contributed by atoms with Crippen molar-refractivity contribution in [2.24, 2.45) is 0 Å². The van der Waals surface area contributed by atoms with Crippen molar-refractivity contribution in [1.29, 1.82) is 0 Å². The van der Waals surface area contributed by atoms with Crippen LogP contribution in [-0.2, 0) is 29.1 Å². The van der Waals surface area contributed by atoms with Crippen molar-refractivity contribution in [2.45, 2.75) is 25.6 Å². The molecule has 1 atom stereocenters. The first-order valence-electron chi connectivity index (χ1n) is 8.18. The second kappa shape index (κ2) is 6.14. The van der Waals surface area contributed by atoms with Crippen molar-refractivity contribution >= 4 is 17.5 Å². The van der Waals surface area contributed by atoms with Crippen LogP contribution in [0.1, 0.15) is 11.1 Å². The Morgan fingerprint density at radius 2 is 1.85 bits per heavy atom. The highest BCUT2D eigenvalue weighted by Gasteiger charge is 2.34. The average Bonchev–Trinajstić information content (AvgIpc) is 2.96. The van der Waals surface area contributed by atoms with Crippen molar-refractivity contribution in [3.8, 4) is 0 Å². The van der Waals surface area contributed by atoms with Crippen LogP contribution >= 0.6 is 0 Å². The third kappa shape index (κ3) is 2.65. The van der Waals surface area contributed by atoms with E-state index in [2.05, 4.69) is 5.10 Å². The molecule has 1 aliphatic heterocycles. The average molecular weight is 352 g/mol. The van der Waals surface area contributed by atoms with Crippen LogP contribution < -0.4 is 5.69 Å². The van der Waals surface area contributed by atoms with E-state index in [4.69, 9.17) is 0 Å². The van der Waals surface area contributed by atoms with E-state index >= 15 is 0 Å². The molecule has 0 bridgehead atoms. The number of fused-ring (bicyclic) bond motifs is 2. The summed E-state index contributed by atoms with van der Waals surface area (Å²) in [5.41, 5.74) is 1.84. The summed E-state index contributed by atoms with van der Waals surface area (Å²) < 4.78 is 2.41. The molecule has 0 aliphatic carbocycles. The number of nitrogens with zero attached hydrogens (tertiary/aromatic N) is 4. The number of aliphatic carboxylic acids is 1. The Morgan fingerprint density at radius 3 is 2.58 bits per heavy atom. The Bertz CT molecular complexity index is 1070. The lowest BCUT2D eigenvalue weighted by Crippen LogP contribution is -2.50. The molecule has 1 amide bonds. The summed E-state index contributed by atoms with van der Waals surface area (Å²) in [4.78, 5) is 38.1. The van der Waals surface area contributed by atoms with E-state index in [1.54, 1.807) is 24.4 Å². The minimum Gasteiger partial charge on any atom is -0.480 e. The van der Waals surface area contributed by atoms with Crippen LogP contribution in [0.5, 0.6) is 0 Å². The smallest absolute Gasteiger partial charge is 0.350 e. The Balaban J connectivity index is 1.64. The monoisotopic (exact) mass is 352 g/mol. The van der Waals surface area contributed by atoms with Gasteiger partial charge in [-0.2, -0.15) is 0 Å². The van der Waals surface area contributed by atoms with Crippen molar-refractivity contribution in [1.82, 2.24) is 19.1 Å². The van der Waals surface area contributed by atoms with E-state index in [-0.39, 0.29) is 19.5 Å². The first-order valence-corrected chi connectivity index (χ1v) is 8.18. The number of carbonyl (C=O) groups is 2. The SMILES string of the molecule is O=C(O)C1Cc2ccccc2CN1C(=O)Cn1nc2ccccn2c1=O. The quantitative estimate of drug-likeness (QED) is 0.742. The Hall–Kier alpha value is -3.42. The molecule has 132 valence electrons. The highest BCUT2D eigenvalue weighted by atomic mass is 16.4. The van der Waals surface area contributed by atoms with Gasteiger partial charge in [0.15, 0.2) is 5.65 Å². The van der Waals surface area contributed by atoms with Crippen molar-refractivity contribution in [3.05, 3.63) is 70.3 Å². The Morgan fingerprint density at radius 1 is 1.12 bits per heavy atom. The van der Waals surface area contributed by atoms with Gasteiger partial charge in [-0.1, -0.05) is 30.3 Å². The van der Waals surface area contributed by atoms with E-state index < -0.39 is 23.6 Å². The number of rotatable bonds is 3. The molecule has 4 rings (SSSR count). The molecular formula is C18H16N4O4. The summed E-state index contributed by atoms with van der Waals surface area (Å²) in [5, 5.41) is 13.7. The van der Waals surface area contributed by atoms with E-state index in [0.717, 1.165) is 15.8 Å². The maximum absolute atomic E-state index is 12.8. The molecule has 1 aliphatic rings. The number of hydrogen-bond acceptors (Lipinski definition) is 4. The number of carbonyl (C=O) groups excluding carboxylic acids is 1. The predicted octanol–water partition coefficient (Wildman–Crippen LogP) is 0.534. The lowest BCUT2D eigenvalue weighted by molar-refractivity contribution is -0.151. The second-order valence-electron chi connectivity index (χ2n) is 6.22. The standard InChI is InChI=1S/C18H16N4O4/c23-16(11-22-18(26)20-8-4-3-7-15(20)19-22)21-10-13-6-2-1-5-12(13)9-14(21)17(24)25/h1-8,14H,9-11H2,(H,24,25). The topological polar surface area (TPSA) is 96.9 Å². The normalized spacial score (nSPS) is 16.5. The van der Waals surface area contributed by atoms with Gasteiger partial charge in [-0.25, -0.2) is 14.3 Å². The summed E-state index contributed by atoms with van der Waals surface area (Å²) in [6.07, 6.45) is 1.82. The highest BCUT2D eigenvalue weighted by molar-refractivity contribution is 5.84. The van der Waals surface area contributed by atoms with Gasteiger partial charge in [0.1, 0.15) is 12.6 Å². The van der Waals surface area contributed by atoms with Crippen LogP contribution in [0.2, 0.25) is 0 Å². The van der Waals surface area contributed by atoms with E-state index in [0.29, 0.717) is 5.65 Å². The molecule has 3 heterocycles. The summed E-state index contributed by atoms with van der Waals surface area (Å²) in [6.45, 7) is -0.0967. The molecule has 8 nitrogen and oxygen atoms in total. The third-order valence-electron chi connectivity index (χ3n) is 4.63. The zero-order chi connectivity index (χ0) is 18.3. The number of carboxylic acid groups (broad SMARTS) is 1. The molecular weight excluding hydrogens is 336 g/mol. The molecule has 8 heteroatoms. The zero-order valence-corrected chi connectivity index (χ0v) is 13.8. The molecule has 1 aromatic carbocycles. The first kappa shape index (κ1) is 16.1. The van der Waals surface area contributed by atoms with Gasteiger partial charge in [0, 0.05) is 19.2 Å². The van der Waals surface area contributed by atoms with Crippen LogP contribution in [0, 0.1) is 0 Å². The first-order chi connectivity index (χ1) is 12.5. The van der Waals surface area contributed by atoms with Gasteiger partial charge in [0.25, 0.3) is 0 Å². The third-order valence-corrected chi connectivity index (χ3v) is 4.63. The number of hydrogen-bond donors (Lipinski definition) is 1. The van der Waals surface area contributed by atoms with E-state index in [9.17, 15) is 19.5 Å². The van der Waals surface area contributed by atoms with Crippen LogP contribution in [0.3, 0.4) is 0 Å². The molecule has 0 radical (unpaired) electrons. The Kier molecular flexibility index (Phi) is 3.80. The fraction of sp³-hybridized carbons (Fsp3) is 0.222. The summed E-state index contributed by atoms with van der Waals surface area (Å²) >= 11 is 0. The fourth-order valence-electron chi connectivity index (χ4n) is 3.30. The van der Waals surface area contributed by atoms with Gasteiger partial charge in [-0.15, -0.1) is 5.10 Å². The number of amides is 1. The molecule has 0 saturated heterocycles. The highest BCUT2D eigenvalue weighted by Crippen LogP contribution is 2.23. The molecule has 2 aromatic heterocycles. The van der Waals surface area contributed by atoms with Crippen LogP contribution in [-0.4, -0.2) is 42.1 Å². The molecule has 1 unspecified atom stereocenters. The maximum atomic E-state index is 12.8. The van der Waals surface area contributed by atoms with Gasteiger partial charge >= 0.3 is 11.7 Å². The van der Waals surface area contributed by atoms with Crippen molar-refractivity contribution < 1.29 is 14.7 Å². The minimum absolute atomic E-state index is 0.202. The van der Waals surface area contributed by atoms with Gasteiger partial charge in [0.2, 0.25) is 5.91 Å². The molecule has 0 saturated carbocycles. The number of carboxylic acids is 1. The largest absolute Gasteiger partial charge is 0.480 e. The maximum Gasteiger partial charge on any atom is 0.350 e. The van der Waals surface area contributed by atoms with Crippen LogP contribution in [0.15, 0.2) is 53.5 Å². The summed E-state index contributed by atoms with van der Waals surface area (Å²) in [6, 6.07) is 11.6. The predicted molar refractivity (Wildman–Crippen MR) is 91.6 cm³/mol. The molecule has 0 spiro atoms. The zero-order valence-electron chi connectivity index (χ0n) is 13.8. The van der Waals surface area contributed by atoms with Gasteiger partial charge in [-0.3, -0.25) is 9.20 Å². The number of pyridine rings is 1. The van der Waals surface area contributed by atoms with Gasteiger partial charge < -0.3 is 10.0 Å². The Labute approximate surface area is 147 Å². The van der Waals surface area contributed by atoms with Crippen LogP contribution in [0.25, 0.3) is 5.65 Å². The molecule has 26 heavy (non-hydrogen) atoms. The lowest BCUT2D eigenvalue weighted by atomic mass is 9.94. The van der Waals surface area contributed by atoms with E-state index in [1.807, 2.05) is 24.3 Å². The summed E-state index contributed by atoms with van der Waals surface area (Å²) in [7, 11) is 0. The second-order valence-corrected chi connectivity index (χ2v) is 6.22.